The molecule has 9 nitrogen and oxygen atoms in total. The van der Waals surface area contributed by atoms with Crippen molar-refractivity contribution in [2.75, 3.05) is 41.7 Å². The van der Waals surface area contributed by atoms with Crippen LogP contribution in [0, 0.1) is 0 Å². The van der Waals surface area contributed by atoms with Crippen molar-refractivity contribution in [1.29, 1.82) is 0 Å². The van der Waals surface area contributed by atoms with Crippen molar-refractivity contribution in [3.63, 3.8) is 0 Å². The number of ether oxygens (including phenoxy) is 4. The minimum absolute atomic E-state index is 0.379. The van der Waals surface area contributed by atoms with Crippen LogP contribution in [0.5, 0.6) is 23.0 Å². The average molecular weight is 611 g/mol. The smallest absolute Gasteiger partial charge is 0.261 e. The number of Topliss-reactive ketones (excluding diaryl/α,β-unsaturated/α-hetero) is 1. The normalized spacial score (nSPS) is 11.5. The van der Waals surface area contributed by atoms with E-state index in [0.717, 1.165) is 0 Å². The summed E-state index contributed by atoms with van der Waals surface area (Å²) >= 11 is 0. The molecule has 0 atom stereocenters. The van der Waals surface area contributed by atoms with E-state index < -0.39 is 33.7 Å². The second kappa shape index (κ2) is 13.9. The highest BCUT2D eigenvalue weighted by Crippen LogP contribution is 2.47. The highest BCUT2D eigenvalue weighted by molar-refractivity contribution is 7.74. The van der Waals surface area contributed by atoms with Gasteiger partial charge < -0.3 is 28.0 Å². The third-order valence-corrected chi connectivity index (χ3v) is 11.4. The molecule has 0 bridgehead atoms. The van der Waals surface area contributed by atoms with Gasteiger partial charge in [-0.1, -0.05) is 0 Å². The highest BCUT2D eigenvalue weighted by atomic mass is 31.2. The number of rotatable bonds is 14. The molecule has 0 heterocycles. The molecule has 0 saturated carbocycles. The maximum Gasteiger partial charge on any atom is 0.261 e. The molecule has 0 fully saturated rings. The molecule has 42 heavy (non-hydrogen) atoms. The number of benzene rings is 4. The van der Waals surface area contributed by atoms with Gasteiger partial charge >= 0.3 is 0 Å². The van der Waals surface area contributed by atoms with Crippen molar-refractivity contribution in [3.8, 4) is 23.0 Å². The third-order valence-electron chi connectivity index (χ3n) is 6.46. The Labute approximate surface area is 245 Å². The number of carbonyl (C=O) groups is 1. The molecule has 0 amide bonds. The van der Waals surface area contributed by atoms with Crippen LogP contribution >= 0.6 is 14.7 Å². The van der Waals surface area contributed by atoms with Gasteiger partial charge in [0.1, 0.15) is 36.2 Å². The van der Waals surface area contributed by atoms with Crippen molar-refractivity contribution in [2.45, 2.75) is 0 Å². The van der Waals surface area contributed by atoms with Gasteiger partial charge in [-0.2, -0.15) is 0 Å². The van der Waals surface area contributed by atoms with E-state index in [9.17, 15) is 13.9 Å². The summed E-state index contributed by atoms with van der Waals surface area (Å²) in [5.74, 6) is 1.78. The van der Waals surface area contributed by atoms with Crippen LogP contribution in [0.25, 0.3) is 0 Å². The van der Waals surface area contributed by atoms with Gasteiger partial charge in [0.05, 0.1) is 28.4 Å². The number of carbonyl (C=O) groups excluding carboxylic acids is 1. The zero-order valence-electron chi connectivity index (χ0n) is 23.7. The number of ketones is 1. The van der Waals surface area contributed by atoms with E-state index in [1.807, 2.05) is 0 Å². The Kier molecular flexibility index (Phi) is 10.3. The van der Waals surface area contributed by atoms with Crippen molar-refractivity contribution in [3.05, 3.63) is 97.1 Å². The molecule has 0 aliphatic carbocycles. The van der Waals surface area contributed by atoms with Crippen LogP contribution in [0.4, 0.5) is 0 Å². The Balaban J connectivity index is 1.57. The Bertz CT molecular complexity index is 1350. The summed E-state index contributed by atoms with van der Waals surface area (Å²) in [4.78, 5) is 13.1. The molecule has 220 valence electrons. The molecule has 11 heteroatoms. The summed E-state index contributed by atoms with van der Waals surface area (Å²) in [7, 11) is -1.32. The summed E-state index contributed by atoms with van der Waals surface area (Å²) in [5, 5.41) is 1.52. The predicted molar refractivity (Wildman–Crippen MR) is 163 cm³/mol. The first-order valence-electron chi connectivity index (χ1n) is 12.8. The number of hydrogen-bond donors (Lipinski definition) is 0. The van der Waals surface area contributed by atoms with Gasteiger partial charge in [-0.15, -0.1) is 0 Å². The monoisotopic (exact) mass is 610 g/mol. The molecule has 4 aromatic rings. The first-order valence-corrected chi connectivity index (χ1v) is 16.1. The van der Waals surface area contributed by atoms with Gasteiger partial charge in [-0.25, -0.2) is 0 Å². The van der Waals surface area contributed by atoms with Crippen molar-refractivity contribution in [2.24, 2.45) is 0 Å². The van der Waals surface area contributed by atoms with E-state index in [1.165, 1.54) is 28.4 Å². The van der Waals surface area contributed by atoms with E-state index in [1.54, 1.807) is 97.1 Å². The molecule has 0 aromatic heterocycles. The van der Waals surface area contributed by atoms with Crippen molar-refractivity contribution in [1.82, 2.24) is 0 Å². The molecule has 0 saturated heterocycles. The molecule has 4 aromatic carbocycles. The minimum Gasteiger partial charge on any atom is -0.497 e. The van der Waals surface area contributed by atoms with Crippen LogP contribution < -0.4 is 40.2 Å². The molecule has 0 radical (unpaired) electrons. The first-order chi connectivity index (χ1) is 20.2. The Hall–Kier alpha value is -3.87. The largest absolute Gasteiger partial charge is 0.497 e. The van der Waals surface area contributed by atoms with E-state index in [2.05, 4.69) is 0 Å². The summed E-state index contributed by atoms with van der Waals surface area (Å²) in [6, 6.07) is 26.4. The maximum absolute atomic E-state index is 14.3. The Morgan fingerprint density at radius 1 is 0.452 bits per heavy atom. The van der Waals surface area contributed by atoms with E-state index in [4.69, 9.17) is 28.0 Å². The number of methoxy groups -OCH3 is 4. The lowest BCUT2D eigenvalue weighted by Gasteiger charge is -2.21. The van der Waals surface area contributed by atoms with Gasteiger partial charge in [-0.05, 0) is 97.1 Å². The fraction of sp³-hybridized carbons (Fsp3) is 0.194. The average Bonchev–Trinajstić information content (AvgIpc) is 3.06. The van der Waals surface area contributed by atoms with Gasteiger partial charge in [-0.3, -0.25) is 13.9 Å². The van der Waals surface area contributed by atoms with Crippen LogP contribution in [0.3, 0.4) is 0 Å². The third kappa shape index (κ3) is 6.94. The number of hydrogen-bond acceptors (Lipinski definition) is 9. The second-order valence-corrected chi connectivity index (χ2v) is 13.8. The first kappa shape index (κ1) is 31.1. The van der Waals surface area contributed by atoms with Crippen LogP contribution in [-0.4, -0.2) is 47.4 Å². The van der Waals surface area contributed by atoms with E-state index in [0.29, 0.717) is 44.2 Å². The molecular weight excluding hydrogens is 578 g/mol. The lowest BCUT2D eigenvalue weighted by molar-refractivity contribution is -0.122. The topological polar surface area (TPSA) is 107 Å². The summed E-state index contributed by atoms with van der Waals surface area (Å²) < 4.78 is 61.2. The van der Waals surface area contributed by atoms with Crippen LogP contribution in [0.2, 0.25) is 0 Å². The van der Waals surface area contributed by atoms with Crippen molar-refractivity contribution >= 4 is 41.7 Å². The molecule has 0 spiro atoms. The van der Waals surface area contributed by atoms with Crippen LogP contribution in [-0.2, 0) is 23.0 Å². The molecule has 0 aliphatic rings. The second-order valence-electron chi connectivity index (χ2n) is 8.98. The highest BCUT2D eigenvalue weighted by Gasteiger charge is 2.32. The van der Waals surface area contributed by atoms with Crippen LogP contribution in [0.15, 0.2) is 97.1 Å². The van der Waals surface area contributed by atoms with Crippen LogP contribution in [0.1, 0.15) is 0 Å². The van der Waals surface area contributed by atoms with Gasteiger partial charge in [0.25, 0.3) is 14.7 Å². The zero-order chi connectivity index (χ0) is 30.2. The van der Waals surface area contributed by atoms with Gasteiger partial charge in [0.2, 0.25) is 0 Å². The zero-order valence-corrected chi connectivity index (χ0v) is 25.5. The maximum atomic E-state index is 14.3. The molecular formula is C31H32O9P2. The Morgan fingerprint density at radius 3 is 0.857 bits per heavy atom. The fourth-order valence-electron chi connectivity index (χ4n) is 4.08. The predicted octanol–water partition coefficient (Wildman–Crippen LogP) is 4.48. The summed E-state index contributed by atoms with van der Waals surface area (Å²) in [6.45, 7) is -1.08. The SMILES string of the molecule is COc1ccc(P(=O)(OCC(=O)COP(=O)(c2ccc(OC)cc2)c2ccc(OC)cc2)c2ccc(OC)cc2)cc1. The van der Waals surface area contributed by atoms with Crippen molar-refractivity contribution < 1.29 is 41.9 Å². The minimum atomic E-state index is -3.72. The molecule has 4 rings (SSSR count). The quantitative estimate of drug-likeness (QED) is 0.191. The molecule has 0 aliphatic heterocycles. The molecule has 0 N–H and O–H groups in total. The summed E-state index contributed by atoms with van der Waals surface area (Å²) in [5.41, 5.74) is 0. The van der Waals surface area contributed by atoms with Gasteiger partial charge in [0, 0.05) is 21.2 Å². The lowest BCUT2D eigenvalue weighted by atomic mass is 10.3. The molecule has 0 unspecified atom stereocenters. The lowest BCUT2D eigenvalue weighted by Crippen LogP contribution is -2.24. The van der Waals surface area contributed by atoms with E-state index >= 15 is 0 Å². The van der Waals surface area contributed by atoms with Gasteiger partial charge in [0.15, 0.2) is 5.78 Å². The standard InChI is InChI=1S/C31H32O9P2/c1-35-24-5-13-28(14-6-24)41(33,29-15-7-25(36-2)8-16-29)39-21-23(32)22-40-42(34,30-17-9-26(37-3)10-18-30)31-19-11-27(38-4)12-20-31/h5-20H,21-22H2,1-4H3. The Morgan fingerprint density at radius 2 is 0.667 bits per heavy atom. The fourth-order valence-corrected chi connectivity index (χ4v) is 8.09. The summed E-state index contributed by atoms with van der Waals surface area (Å²) in [6.07, 6.45) is 0. The van der Waals surface area contributed by atoms with E-state index in [-0.39, 0.29) is 0 Å².